The molecule has 6 nitrogen and oxygen atoms in total. The molecule has 0 spiro atoms. The van der Waals surface area contributed by atoms with Crippen molar-refractivity contribution in [2.45, 2.75) is 44.1 Å². The molecule has 2 fully saturated rings. The molecule has 24 heavy (non-hydrogen) atoms. The van der Waals surface area contributed by atoms with Gasteiger partial charge in [0.15, 0.2) is 6.29 Å². The predicted octanol–water partition coefficient (Wildman–Crippen LogP) is 1.15. The smallest absolute Gasteiger partial charge is 0.181 e. The predicted molar refractivity (Wildman–Crippen MR) is 83.6 cm³/mol. The summed E-state index contributed by atoms with van der Waals surface area (Å²) >= 11 is 0. The monoisotopic (exact) mass is 333 g/mol. The van der Waals surface area contributed by atoms with E-state index in [9.17, 15) is 9.50 Å². The van der Waals surface area contributed by atoms with Crippen LogP contribution in [0.2, 0.25) is 0 Å². The molecule has 5 atom stereocenters. The summed E-state index contributed by atoms with van der Waals surface area (Å²) in [6, 6.07) is 5.87. The molecule has 0 unspecified atom stereocenters. The number of aromatic nitrogens is 2. The number of halogens is 1. The number of ether oxygens (including phenoxy) is 2. The average Bonchev–Trinajstić information content (AvgIpc) is 3.18. The number of rotatable bonds is 4. The van der Waals surface area contributed by atoms with Crippen molar-refractivity contribution in [3.63, 3.8) is 0 Å². The highest BCUT2D eigenvalue weighted by atomic mass is 19.1. The first kappa shape index (κ1) is 15.7. The lowest BCUT2D eigenvalue weighted by Crippen LogP contribution is -2.57. The maximum absolute atomic E-state index is 13.8. The number of hydrogen-bond donors (Lipinski definition) is 2. The molecule has 1 aromatic carbocycles. The highest BCUT2D eigenvalue weighted by molar-refractivity contribution is 5.17. The highest BCUT2D eigenvalue weighted by Gasteiger charge is 2.50. The normalized spacial score (nSPS) is 32.2. The van der Waals surface area contributed by atoms with E-state index < -0.39 is 12.4 Å². The third kappa shape index (κ3) is 2.63. The molecule has 0 saturated carbocycles. The fraction of sp³-hybridized carbons (Fsp3) is 0.471. The SMILES string of the molecule is Cc1nccn1[C@H]1[C@@H]2OC[C@@H](O2)[C@@H](NCc2ccccc2F)[C@@H]1O. The number of aliphatic hydroxyl groups is 1. The molecule has 2 N–H and O–H groups in total. The molecule has 3 heterocycles. The Bertz CT molecular complexity index is 723. The van der Waals surface area contributed by atoms with Crippen LogP contribution in [0.5, 0.6) is 0 Å². The summed E-state index contributed by atoms with van der Waals surface area (Å²) in [6.45, 7) is 2.59. The second-order valence-electron chi connectivity index (χ2n) is 6.24. The Morgan fingerprint density at radius 3 is 3.00 bits per heavy atom. The second kappa shape index (κ2) is 6.25. The first-order chi connectivity index (χ1) is 11.6. The van der Waals surface area contributed by atoms with Crippen LogP contribution in [0.25, 0.3) is 0 Å². The molecule has 7 heteroatoms. The van der Waals surface area contributed by atoms with Crippen molar-refractivity contribution in [2.24, 2.45) is 0 Å². The maximum Gasteiger partial charge on any atom is 0.181 e. The van der Waals surface area contributed by atoms with E-state index in [4.69, 9.17) is 9.47 Å². The molecular weight excluding hydrogens is 313 g/mol. The van der Waals surface area contributed by atoms with Gasteiger partial charge in [-0.1, -0.05) is 18.2 Å². The summed E-state index contributed by atoms with van der Waals surface area (Å²) in [5, 5.41) is 14.1. The zero-order valence-corrected chi connectivity index (χ0v) is 13.3. The Morgan fingerprint density at radius 2 is 2.25 bits per heavy atom. The summed E-state index contributed by atoms with van der Waals surface area (Å²) < 4.78 is 27.3. The molecule has 0 aliphatic carbocycles. The summed E-state index contributed by atoms with van der Waals surface area (Å²) in [6.07, 6.45) is 2.02. The molecular formula is C17H20FN3O3. The van der Waals surface area contributed by atoms with Crippen molar-refractivity contribution >= 4 is 0 Å². The van der Waals surface area contributed by atoms with Gasteiger partial charge in [-0.15, -0.1) is 0 Å². The van der Waals surface area contributed by atoms with Gasteiger partial charge in [-0.05, 0) is 13.0 Å². The van der Waals surface area contributed by atoms with Crippen molar-refractivity contribution in [3.05, 3.63) is 53.9 Å². The van der Waals surface area contributed by atoms with Gasteiger partial charge in [-0.2, -0.15) is 0 Å². The fourth-order valence-corrected chi connectivity index (χ4v) is 3.52. The number of imidazole rings is 1. The standard InChI is InChI=1S/C17H20FN3O3/c1-10-19-6-7-21(10)15-16(22)14(13-9-23-17(15)24-13)20-8-11-4-2-3-5-12(11)18/h2-7,13-17,20,22H,8-9H2,1H3/t13-,14-,15-,16+,17-/m1/s1. The quantitative estimate of drug-likeness (QED) is 0.878. The van der Waals surface area contributed by atoms with Crippen molar-refractivity contribution in [2.75, 3.05) is 6.61 Å². The maximum atomic E-state index is 13.8. The number of nitrogens with zero attached hydrogens (tertiary/aromatic N) is 2. The summed E-state index contributed by atoms with van der Waals surface area (Å²) in [4.78, 5) is 4.21. The van der Waals surface area contributed by atoms with E-state index in [0.29, 0.717) is 18.7 Å². The van der Waals surface area contributed by atoms with Crippen molar-refractivity contribution < 1.29 is 19.0 Å². The molecule has 0 radical (unpaired) electrons. The largest absolute Gasteiger partial charge is 0.389 e. The van der Waals surface area contributed by atoms with Gasteiger partial charge in [-0.25, -0.2) is 9.37 Å². The van der Waals surface area contributed by atoms with E-state index in [2.05, 4.69) is 10.3 Å². The number of benzene rings is 1. The molecule has 128 valence electrons. The van der Waals surface area contributed by atoms with Gasteiger partial charge in [-0.3, -0.25) is 0 Å². The van der Waals surface area contributed by atoms with E-state index in [0.717, 1.165) is 5.82 Å². The fourth-order valence-electron chi connectivity index (χ4n) is 3.52. The molecule has 2 aromatic rings. The van der Waals surface area contributed by atoms with Gasteiger partial charge < -0.3 is 24.5 Å². The van der Waals surface area contributed by atoms with Gasteiger partial charge >= 0.3 is 0 Å². The van der Waals surface area contributed by atoms with Crippen LogP contribution in [0.3, 0.4) is 0 Å². The Labute approximate surface area is 139 Å². The molecule has 2 aliphatic heterocycles. The summed E-state index contributed by atoms with van der Waals surface area (Å²) in [7, 11) is 0. The Kier molecular flexibility index (Phi) is 4.09. The third-order valence-corrected chi connectivity index (χ3v) is 4.80. The zero-order chi connectivity index (χ0) is 16.7. The minimum atomic E-state index is -0.726. The van der Waals surface area contributed by atoms with Crippen LogP contribution in [-0.2, 0) is 16.0 Å². The van der Waals surface area contributed by atoms with Crippen molar-refractivity contribution in [1.82, 2.24) is 14.9 Å². The highest BCUT2D eigenvalue weighted by Crippen LogP contribution is 2.36. The van der Waals surface area contributed by atoms with E-state index in [1.165, 1.54) is 6.07 Å². The number of hydrogen-bond acceptors (Lipinski definition) is 5. The molecule has 1 aromatic heterocycles. The molecule has 2 saturated heterocycles. The molecule has 2 bridgehead atoms. The first-order valence-electron chi connectivity index (χ1n) is 8.06. The van der Waals surface area contributed by atoms with Crippen LogP contribution in [0.15, 0.2) is 36.7 Å². The van der Waals surface area contributed by atoms with Gasteiger partial charge in [0, 0.05) is 24.5 Å². The minimum absolute atomic E-state index is 0.253. The van der Waals surface area contributed by atoms with Crippen LogP contribution in [0.4, 0.5) is 4.39 Å². The summed E-state index contributed by atoms with van der Waals surface area (Å²) in [5.74, 6) is 0.517. The lowest BCUT2D eigenvalue weighted by molar-refractivity contribution is -0.166. The Hall–Kier alpha value is -1.80. The van der Waals surface area contributed by atoms with Crippen LogP contribution in [0.1, 0.15) is 17.4 Å². The number of aryl methyl sites for hydroxylation is 1. The van der Waals surface area contributed by atoms with Crippen LogP contribution >= 0.6 is 0 Å². The van der Waals surface area contributed by atoms with Crippen molar-refractivity contribution in [3.8, 4) is 0 Å². The topological polar surface area (TPSA) is 68.5 Å². The number of nitrogens with one attached hydrogen (secondary N) is 1. The average molecular weight is 333 g/mol. The lowest BCUT2D eigenvalue weighted by atomic mass is 9.95. The molecule has 2 aliphatic rings. The number of aliphatic hydroxyl groups excluding tert-OH is 1. The van der Waals surface area contributed by atoms with Crippen LogP contribution < -0.4 is 5.32 Å². The van der Waals surface area contributed by atoms with Crippen LogP contribution in [-0.4, -0.2) is 45.8 Å². The van der Waals surface area contributed by atoms with Crippen molar-refractivity contribution in [1.29, 1.82) is 0 Å². The molecule has 0 amide bonds. The van der Waals surface area contributed by atoms with E-state index in [-0.39, 0.29) is 24.0 Å². The van der Waals surface area contributed by atoms with E-state index >= 15 is 0 Å². The third-order valence-electron chi connectivity index (χ3n) is 4.80. The minimum Gasteiger partial charge on any atom is -0.389 e. The van der Waals surface area contributed by atoms with Gasteiger partial charge in [0.2, 0.25) is 0 Å². The zero-order valence-electron chi connectivity index (χ0n) is 13.3. The lowest BCUT2D eigenvalue weighted by Gasteiger charge is -2.39. The Balaban J connectivity index is 1.54. The van der Waals surface area contributed by atoms with Crippen LogP contribution in [0, 0.1) is 12.7 Å². The number of fused-ring (bicyclic) bond motifs is 2. The second-order valence-corrected chi connectivity index (χ2v) is 6.24. The Morgan fingerprint density at radius 1 is 1.42 bits per heavy atom. The van der Waals surface area contributed by atoms with Gasteiger partial charge in [0.25, 0.3) is 0 Å². The van der Waals surface area contributed by atoms with Gasteiger partial charge in [0.1, 0.15) is 23.8 Å². The first-order valence-corrected chi connectivity index (χ1v) is 8.06. The van der Waals surface area contributed by atoms with E-state index in [1.54, 1.807) is 24.4 Å². The van der Waals surface area contributed by atoms with E-state index in [1.807, 2.05) is 17.7 Å². The molecule has 4 rings (SSSR count). The summed E-state index contributed by atoms with van der Waals surface area (Å²) in [5.41, 5.74) is 0.557. The van der Waals surface area contributed by atoms with Gasteiger partial charge in [0.05, 0.1) is 18.8 Å².